The first-order chi connectivity index (χ1) is 5.09. The molecule has 1 amide bonds. The van der Waals surface area contributed by atoms with Gasteiger partial charge in [-0.2, -0.15) is 0 Å². The predicted octanol–water partition coefficient (Wildman–Crippen LogP) is -0.912. The summed E-state index contributed by atoms with van der Waals surface area (Å²) in [6.45, 7) is 7.23. The van der Waals surface area contributed by atoms with E-state index in [9.17, 15) is 4.79 Å². The Morgan fingerprint density at radius 2 is 2.18 bits per heavy atom. The molecule has 0 fully saturated rings. The lowest BCUT2D eigenvalue weighted by Gasteiger charge is -2.08. The molecule has 5 N–H and O–H groups in total. The molecule has 0 bridgehead atoms. The maximum atomic E-state index is 10.9. The quantitative estimate of drug-likeness (QED) is 0.279. The number of carbonyl (C=O) groups is 1. The fraction of sp³-hybridized carbons (Fsp3) is 0.286. The summed E-state index contributed by atoms with van der Waals surface area (Å²) < 4.78 is 0. The molecule has 0 unspecified atom stereocenters. The third-order valence-electron chi connectivity index (χ3n) is 1.10. The Labute approximate surface area is 65.9 Å². The molecule has 4 nitrogen and oxygen atoms in total. The molecule has 0 aliphatic heterocycles. The number of nitrogens with two attached hydrogens (primary N) is 2. The molecule has 4 heteroatoms. The molecule has 62 valence electrons. The predicted molar refractivity (Wildman–Crippen MR) is 44.5 cm³/mol. The first-order valence-corrected chi connectivity index (χ1v) is 3.18. The van der Waals surface area contributed by atoms with Crippen molar-refractivity contribution < 1.29 is 4.79 Å². The van der Waals surface area contributed by atoms with Crippen molar-refractivity contribution in [3.8, 4) is 0 Å². The highest BCUT2D eigenvalue weighted by Crippen LogP contribution is 1.89. The van der Waals surface area contributed by atoms with Gasteiger partial charge in [0.15, 0.2) is 0 Å². The van der Waals surface area contributed by atoms with Crippen molar-refractivity contribution in [2.75, 3.05) is 6.54 Å². The number of nitrogens with one attached hydrogen (secondary N) is 1. The van der Waals surface area contributed by atoms with Gasteiger partial charge >= 0.3 is 0 Å². The van der Waals surface area contributed by atoms with Crippen LogP contribution in [0.15, 0.2) is 24.8 Å². The molecule has 0 saturated carbocycles. The summed E-state index contributed by atoms with van der Waals surface area (Å²) in [6.07, 6.45) is 0.771. The van der Waals surface area contributed by atoms with Crippen LogP contribution < -0.4 is 16.8 Å². The van der Waals surface area contributed by atoms with Gasteiger partial charge in [-0.1, -0.05) is 12.7 Å². The average Bonchev–Trinajstić information content (AvgIpc) is 1.98. The van der Waals surface area contributed by atoms with Gasteiger partial charge in [0.2, 0.25) is 5.91 Å². The van der Waals surface area contributed by atoms with Crippen LogP contribution in [0.1, 0.15) is 0 Å². The first-order valence-electron chi connectivity index (χ1n) is 3.18. The van der Waals surface area contributed by atoms with E-state index in [4.69, 9.17) is 11.5 Å². The van der Waals surface area contributed by atoms with Crippen LogP contribution in [0, 0.1) is 0 Å². The highest BCUT2D eigenvalue weighted by molar-refractivity contribution is 5.93. The van der Waals surface area contributed by atoms with Gasteiger partial charge < -0.3 is 16.8 Å². The van der Waals surface area contributed by atoms with Crippen LogP contribution in [0.2, 0.25) is 0 Å². The van der Waals surface area contributed by atoms with Crippen molar-refractivity contribution in [2.45, 2.75) is 6.17 Å². The third-order valence-corrected chi connectivity index (χ3v) is 1.10. The smallest absolute Gasteiger partial charge is 0.249 e. The van der Waals surface area contributed by atoms with E-state index < -0.39 is 6.17 Å². The van der Waals surface area contributed by atoms with Gasteiger partial charge in [-0.3, -0.25) is 4.79 Å². The van der Waals surface area contributed by atoms with Crippen LogP contribution in [0.3, 0.4) is 0 Å². The standard InChI is InChI=1S/C7H13N3O/c1-3-4-10-7(11)5(2)6(8)9/h3,6H,1-2,4,8-9H2,(H,10,11). The molecule has 0 aliphatic carbocycles. The minimum atomic E-state index is -0.792. The molecule has 0 spiro atoms. The van der Waals surface area contributed by atoms with E-state index in [1.54, 1.807) is 6.08 Å². The van der Waals surface area contributed by atoms with E-state index in [1.165, 1.54) is 0 Å². The van der Waals surface area contributed by atoms with Crippen LogP contribution in [0.5, 0.6) is 0 Å². The fourth-order valence-electron chi connectivity index (χ4n) is 0.430. The molecule has 0 atom stereocenters. The molecular weight excluding hydrogens is 142 g/mol. The van der Waals surface area contributed by atoms with Gasteiger partial charge in [0.25, 0.3) is 0 Å². The zero-order valence-electron chi connectivity index (χ0n) is 6.34. The highest BCUT2D eigenvalue weighted by Gasteiger charge is 2.09. The average molecular weight is 155 g/mol. The van der Waals surface area contributed by atoms with E-state index in [1.807, 2.05) is 0 Å². The maximum absolute atomic E-state index is 10.9. The van der Waals surface area contributed by atoms with Crippen molar-refractivity contribution in [2.24, 2.45) is 11.5 Å². The molecule has 0 aromatic heterocycles. The van der Waals surface area contributed by atoms with E-state index in [-0.39, 0.29) is 11.5 Å². The molecular formula is C7H13N3O. The lowest BCUT2D eigenvalue weighted by atomic mass is 10.2. The van der Waals surface area contributed by atoms with Crippen molar-refractivity contribution in [1.82, 2.24) is 5.32 Å². The Balaban J connectivity index is 3.83. The van der Waals surface area contributed by atoms with E-state index in [0.29, 0.717) is 6.54 Å². The van der Waals surface area contributed by atoms with E-state index in [2.05, 4.69) is 18.5 Å². The number of amides is 1. The molecule has 0 aromatic rings. The number of hydrogen-bond donors (Lipinski definition) is 3. The van der Waals surface area contributed by atoms with Crippen molar-refractivity contribution in [1.29, 1.82) is 0 Å². The Hall–Kier alpha value is -1.13. The van der Waals surface area contributed by atoms with E-state index >= 15 is 0 Å². The van der Waals surface area contributed by atoms with Crippen LogP contribution in [-0.2, 0) is 4.79 Å². The fourth-order valence-corrected chi connectivity index (χ4v) is 0.430. The Morgan fingerprint density at radius 3 is 2.55 bits per heavy atom. The molecule has 0 aliphatic rings. The molecule has 11 heavy (non-hydrogen) atoms. The van der Waals surface area contributed by atoms with Gasteiger partial charge in [0.05, 0.1) is 6.17 Å². The second-order valence-electron chi connectivity index (χ2n) is 2.05. The van der Waals surface area contributed by atoms with Gasteiger partial charge in [-0.15, -0.1) is 6.58 Å². The van der Waals surface area contributed by atoms with Gasteiger partial charge in [-0.05, 0) is 0 Å². The zero-order chi connectivity index (χ0) is 8.85. The molecule has 0 radical (unpaired) electrons. The first kappa shape index (κ1) is 9.87. The van der Waals surface area contributed by atoms with Crippen LogP contribution in [0.4, 0.5) is 0 Å². The number of hydrogen-bond acceptors (Lipinski definition) is 3. The van der Waals surface area contributed by atoms with Gasteiger partial charge in [0.1, 0.15) is 0 Å². The summed E-state index contributed by atoms with van der Waals surface area (Å²) in [5.41, 5.74) is 10.6. The van der Waals surface area contributed by atoms with Crippen molar-refractivity contribution in [3.63, 3.8) is 0 Å². The SMILES string of the molecule is C=CCNC(=O)C(=C)C(N)N. The largest absolute Gasteiger partial charge is 0.349 e. The minimum absolute atomic E-state index is 0.173. The van der Waals surface area contributed by atoms with Crippen LogP contribution in [0.25, 0.3) is 0 Å². The third kappa shape index (κ3) is 3.54. The monoisotopic (exact) mass is 155 g/mol. The summed E-state index contributed by atoms with van der Waals surface area (Å²) in [4.78, 5) is 10.9. The Kier molecular flexibility index (Phi) is 4.17. The van der Waals surface area contributed by atoms with Crippen LogP contribution in [-0.4, -0.2) is 18.6 Å². The number of rotatable bonds is 4. The summed E-state index contributed by atoms with van der Waals surface area (Å²) in [7, 11) is 0. The van der Waals surface area contributed by atoms with E-state index in [0.717, 1.165) is 0 Å². The molecule has 0 aromatic carbocycles. The second-order valence-corrected chi connectivity index (χ2v) is 2.05. The topological polar surface area (TPSA) is 81.1 Å². The summed E-state index contributed by atoms with van der Waals surface area (Å²) in [5, 5.41) is 2.50. The van der Waals surface area contributed by atoms with Crippen molar-refractivity contribution >= 4 is 5.91 Å². The molecule has 0 heterocycles. The highest BCUT2D eigenvalue weighted by atomic mass is 16.1. The van der Waals surface area contributed by atoms with Gasteiger partial charge in [0, 0.05) is 12.1 Å². The lowest BCUT2D eigenvalue weighted by Crippen LogP contribution is -2.39. The lowest BCUT2D eigenvalue weighted by molar-refractivity contribution is -0.117. The molecule has 0 rings (SSSR count). The van der Waals surface area contributed by atoms with Crippen molar-refractivity contribution in [3.05, 3.63) is 24.8 Å². The minimum Gasteiger partial charge on any atom is -0.349 e. The Morgan fingerprint density at radius 1 is 1.64 bits per heavy atom. The Bertz CT molecular complexity index is 175. The molecule has 0 saturated heterocycles. The summed E-state index contributed by atoms with van der Waals surface area (Å²) >= 11 is 0. The maximum Gasteiger partial charge on any atom is 0.249 e. The zero-order valence-corrected chi connectivity index (χ0v) is 6.34. The second kappa shape index (κ2) is 4.65. The normalized spacial score (nSPS) is 9.36. The number of carbonyl (C=O) groups excluding carboxylic acids is 1. The van der Waals surface area contributed by atoms with Gasteiger partial charge in [-0.25, -0.2) is 0 Å². The summed E-state index contributed by atoms with van der Waals surface area (Å²) in [5.74, 6) is -0.333. The summed E-state index contributed by atoms with van der Waals surface area (Å²) in [6, 6.07) is 0. The van der Waals surface area contributed by atoms with Crippen LogP contribution >= 0.6 is 0 Å².